The minimum atomic E-state index is -0.992. The number of likely N-dealkylation sites (N-methyl/N-ethyl adjacent to an activating group) is 1. The number of hydrogen-bond acceptors (Lipinski definition) is 3. The van der Waals surface area contributed by atoms with Crippen molar-refractivity contribution in [3.8, 4) is 0 Å². The van der Waals surface area contributed by atoms with E-state index < -0.39 is 5.97 Å². The maximum absolute atomic E-state index is 12.6. The van der Waals surface area contributed by atoms with Crippen LogP contribution in [0.3, 0.4) is 0 Å². The molecule has 0 unspecified atom stereocenters. The van der Waals surface area contributed by atoms with Gasteiger partial charge in [0.2, 0.25) is 0 Å². The summed E-state index contributed by atoms with van der Waals surface area (Å²) in [7, 11) is 1.80. The molecule has 21 heavy (non-hydrogen) atoms. The molecule has 2 rings (SSSR count). The summed E-state index contributed by atoms with van der Waals surface area (Å²) in [6.45, 7) is 1.90. The number of aromatic nitrogens is 2. The summed E-state index contributed by atoms with van der Waals surface area (Å²) in [6, 6.07) is 0. The lowest BCUT2D eigenvalue weighted by atomic mass is 9.85. The quantitative estimate of drug-likeness (QED) is 0.901. The molecule has 1 heterocycles. The largest absolute Gasteiger partial charge is 0.480 e. The predicted octanol–water partition coefficient (Wildman–Crippen LogP) is 2.01. The van der Waals surface area contributed by atoms with Gasteiger partial charge in [-0.2, -0.15) is 5.10 Å². The van der Waals surface area contributed by atoms with Crippen molar-refractivity contribution >= 4 is 11.9 Å². The lowest BCUT2D eigenvalue weighted by Gasteiger charge is -2.23. The molecule has 0 radical (unpaired) electrons. The Labute approximate surface area is 124 Å². The highest BCUT2D eigenvalue weighted by Gasteiger charge is 2.27. The summed E-state index contributed by atoms with van der Waals surface area (Å²) in [6.07, 6.45) is 7.41. The number of amides is 1. The minimum absolute atomic E-state index is 0.228. The van der Waals surface area contributed by atoms with Gasteiger partial charge in [-0.05, 0) is 19.8 Å². The zero-order valence-corrected chi connectivity index (χ0v) is 12.7. The van der Waals surface area contributed by atoms with Crippen molar-refractivity contribution in [1.29, 1.82) is 0 Å². The third-order valence-corrected chi connectivity index (χ3v) is 4.07. The first-order valence-electron chi connectivity index (χ1n) is 7.57. The molecule has 1 saturated carbocycles. The summed E-state index contributed by atoms with van der Waals surface area (Å²) in [4.78, 5) is 24.8. The molecule has 116 valence electrons. The number of rotatable bonds is 5. The zero-order valence-electron chi connectivity index (χ0n) is 12.7. The topological polar surface area (TPSA) is 75.4 Å². The third-order valence-electron chi connectivity index (χ3n) is 4.07. The van der Waals surface area contributed by atoms with Crippen LogP contribution in [-0.2, 0) is 11.8 Å². The molecule has 0 aromatic carbocycles. The molecule has 1 aromatic heterocycles. The SMILES string of the molecule is CCN(CC(=O)O)C(=O)c1cn(C)nc1C1CCCCC1. The van der Waals surface area contributed by atoms with E-state index in [0.29, 0.717) is 18.0 Å². The smallest absolute Gasteiger partial charge is 0.323 e. The van der Waals surface area contributed by atoms with Gasteiger partial charge in [-0.15, -0.1) is 0 Å². The molecular weight excluding hydrogens is 270 g/mol. The first kappa shape index (κ1) is 15.5. The highest BCUT2D eigenvalue weighted by molar-refractivity contribution is 5.96. The van der Waals surface area contributed by atoms with Crippen molar-refractivity contribution < 1.29 is 14.7 Å². The van der Waals surface area contributed by atoms with Crippen LogP contribution in [-0.4, -0.2) is 44.8 Å². The van der Waals surface area contributed by atoms with Gasteiger partial charge in [0.05, 0.1) is 11.3 Å². The molecule has 1 aliphatic carbocycles. The normalized spacial score (nSPS) is 15.9. The fourth-order valence-corrected chi connectivity index (χ4v) is 3.01. The van der Waals surface area contributed by atoms with Crippen LogP contribution in [0.15, 0.2) is 6.20 Å². The number of aliphatic carboxylic acids is 1. The Morgan fingerprint density at radius 2 is 2.05 bits per heavy atom. The van der Waals surface area contributed by atoms with Gasteiger partial charge < -0.3 is 10.0 Å². The maximum Gasteiger partial charge on any atom is 0.323 e. The average molecular weight is 293 g/mol. The first-order valence-corrected chi connectivity index (χ1v) is 7.57. The van der Waals surface area contributed by atoms with Crippen LogP contribution in [0.4, 0.5) is 0 Å². The Hall–Kier alpha value is -1.85. The van der Waals surface area contributed by atoms with Crippen LogP contribution in [0.25, 0.3) is 0 Å². The van der Waals surface area contributed by atoms with Gasteiger partial charge in [0, 0.05) is 25.7 Å². The number of carboxylic acids is 1. The van der Waals surface area contributed by atoms with E-state index in [1.54, 1.807) is 24.9 Å². The van der Waals surface area contributed by atoms with E-state index in [9.17, 15) is 9.59 Å². The van der Waals surface area contributed by atoms with Gasteiger partial charge in [-0.1, -0.05) is 19.3 Å². The number of carbonyl (C=O) groups excluding carboxylic acids is 1. The van der Waals surface area contributed by atoms with Crippen LogP contribution in [0.2, 0.25) is 0 Å². The number of aryl methyl sites for hydroxylation is 1. The minimum Gasteiger partial charge on any atom is -0.480 e. The number of carbonyl (C=O) groups is 2. The van der Waals surface area contributed by atoms with E-state index in [-0.39, 0.29) is 12.5 Å². The molecule has 0 spiro atoms. The van der Waals surface area contributed by atoms with Crippen LogP contribution in [0.5, 0.6) is 0 Å². The Morgan fingerprint density at radius 3 is 2.62 bits per heavy atom. The second-order valence-corrected chi connectivity index (χ2v) is 5.65. The van der Waals surface area contributed by atoms with E-state index in [4.69, 9.17) is 5.11 Å². The highest BCUT2D eigenvalue weighted by Crippen LogP contribution is 2.33. The highest BCUT2D eigenvalue weighted by atomic mass is 16.4. The molecule has 1 aliphatic rings. The van der Waals surface area contributed by atoms with Crippen molar-refractivity contribution in [1.82, 2.24) is 14.7 Å². The fraction of sp³-hybridized carbons (Fsp3) is 0.667. The Morgan fingerprint density at radius 1 is 1.38 bits per heavy atom. The van der Waals surface area contributed by atoms with Gasteiger partial charge in [0.25, 0.3) is 5.91 Å². The van der Waals surface area contributed by atoms with Crippen LogP contribution in [0, 0.1) is 0 Å². The standard InChI is InChI=1S/C15H23N3O3/c1-3-18(10-13(19)20)15(21)12-9-17(2)16-14(12)11-7-5-4-6-8-11/h9,11H,3-8,10H2,1-2H3,(H,19,20). The average Bonchev–Trinajstić information content (AvgIpc) is 2.86. The summed E-state index contributed by atoms with van der Waals surface area (Å²) in [5.74, 6) is -0.899. The third kappa shape index (κ3) is 3.62. The Kier molecular flexibility index (Phi) is 4.98. The van der Waals surface area contributed by atoms with Crippen LogP contribution in [0.1, 0.15) is 61.0 Å². The maximum atomic E-state index is 12.6. The zero-order chi connectivity index (χ0) is 15.4. The summed E-state index contributed by atoms with van der Waals surface area (Å²) >= 11 is 0. The van der Waals surface area contributed by atoms with E-state index in [1.165, 1.54) is 24.2 Å². The number of hydrogen-bond donors (Lipinski definition) is 1. The van der Waals surface area contributed by atoms with Crippen LogP contribution < -0.4 is 0 Å². The van der Waals surface area contributed by atoms with E-state index >= 15 is 0 Å². The van der Waals surface area contributed by atoms with Crippen molar-refractivity contribution in [3.05, 3.63) is 17.5 Å². The Bertz CT molecular complexity index is 518. The molecule has 0 bridgehead atoms. The van der Waals surface area contributed by atoms with Crippen molar-refractivity contribution in [3.63, 3.8) is 0 Å². The van der Waals surface area contributed by atoms with Gasteiger partial charge >= 0.3 is 5.97 Å². The molecular formula is C15H23N3O3. The lowest BCUT2D eigenvalue weighted by Crippen LogP contribution is -2.36. The molecule has 1 N–H and O–H groups in total. The van der Waals surface area contributed by atoms with Gasteiger partial charge in [-0.3, -0.25) is 14.3 Å². The van der Waals surface area contributed by atoms with Gasteiger partial charge in [0.15, 0.2) is 0 Å². The monoisotopic (exact) mass is 293 g/mol. The predicted molar refractivity (Wildman–Crippen MR) is 78.2 cm³/mol. The molecule has 0 saturated heterocycles. The van der Waals surface area contributed by atoms with Crippen molar-refractivity contribution in [2.24, 2.45) is 7.05 Å². The Balaban J connectivity index is 2.25. The van der Waals surface area contributed by atoms with E-state index in [1.807, 2.05) is 0 Å². The fourth-order valence-electron chi connectivity index (χ4n) is 3.01. The van der Waals surface area contributed by atoms with Crippen molar-refractivity contribution in [2.75, 3.05) is 13.1 Å². The second kappa shape index (κ2) is 6.74. The molecule has 1 amide bonds. The molecule has 6 heteroatoms. The number of nitrogens with zero attached hydrogens (tertiary/aromatic N) is 3. The molecule has 1 aromatic rings. The van der Waals surface area contributed by atoms with Crippen LogP contribution >= 0.6 is 0 Å². The van der Waals surface area contributed by atoms with E-state index in [0.717, 1.165) is 18.5 Å². The van der Waals surface area contributed by atoms with Crippen molar-refractivity contribution in [2.45, 2.75) is 44.9 Å². The molecule has 1 fully saturated rings. The lowest BCUT2D eigenvalue weighted by molar-refractivity contribution is -0.137. The van der Waals surface area contributed by atoms with Gasteiger partial charge in [-0.25, -0.2) is 0 Å². The summed E-state index contributed by atoms with van der Waals surface area (Å²) in [5, 5.41) is 13.4. The molecule has 0 aliphatic heterocycles. The second-order valence-electron chi connectivity index (χ2n) is 5.65. The summed E-state index contributed by atoms with van der Waals surface area (Å²) < 4.78 is 1.66. The molecule has 6 nitrogen and oxygen atoms in total. The first-order chi connectivity index (χ1) is 10.0. The van der Waals surface area contributed by atoms with Gasteiger partial charge in [0.1, 0.15) is 6.54 Å². The van der Waals surface area contributed by atoms with E-state index in [2.05, 4.69) is 5.10 Å². The summed E-state index contributed by atoms with van der Waals surface area (Å²) in [5.41, 5.74) is 1.40. The molecule has 0 atom stereocenters. The number of carboxylic acid groups (broad SMARTS) is 1.